The van der Waals surface area contributed by atoms with Crippen LogP contribution in [0.15, 0.2) is 42.5 Å². The number of para-hydroxylation sites is 1. The molecule has 7 heteroatoms. The number of aromatic nitrogens is 4. The first-order chi connectivity index (χ1) is 11.5. The van der Waals surface area contributed by atoms with Crippen LogP contribution in [0.5, 0.6) is 0 Å². The molecule has 1 atom stereocenters. The van der Waals surface area contributed by atoms with Gasteiger partial charge >= 0.3 is 0 Å². The summed E-state index contributed by atoms with van der Waals surface area (Å²) in [5, 5.41) is 11.8. The number of hydrogen-bond donors (Lipinski definition) is 0. The maximum Gasteiger partial charge on any atom is 0.169 e. The van der Waals surface area contributed by atoms with E-state index in [4.69, 9.17) is 0 Å². The van der Waals surface area contributed by atoms with Gasteiger partial charge in [-0.2, -0.15) is 4.68 Å². The average Bonchev–Trinajstić information content (AvgIpc) is 2.97. The van der Waals surface area contributed by atoms with Crippen LogP contribution in [-0.2, 0) is 22.3 Å². The highest BCUT2D eigenvalue weighted by Gasteiger charge is 2.15. The summed E-state index contributed by atoms with van der Waals surface area (Å²) in [5.41, 5.74) is 3.83. The van der Waals surface area contributed by atoms with Gasteiger partial charge in [0.25, 0.3) is 0 Å². The van der Waals surface area contributed by atoms with Crippen LogP contribution in [0.4, 0.5) is 4.39 Å². The van der Waals surface area contributed by atoms with Crippen molar-refractivity contribution in [1.29, 1.82) is 0 Å². The van der Waals surface area contributed by atoms with Crippen LogP contribution in [-0.4, -0.2) is 24.4 Å². The van der Waals surface area contributed by atoms with Gasteiger partial charge < -0.3 is 0 Å². The lowest BCUT2D eigenvalue weighted by Gasteiger charge is -2.10. The van der Waals surface area contributed by atoms with Crippen molar-refractivity contribution in [3.63, 3.8) is 0 Å². The minimum Gasteiger partial charge on any atom is -0.259 e. The van der Waals surface area contributed by atoms with Crippen LogP contribution in [0.3, 0.4) is 0 Å². The van der Waals surface area contributed by atoms with Crippen molar-refractivity contribution >= 4 is 10.8 Å². The third-order valence-electron chi connectivity index (χ3n) is 3.72. The van der Waals surface area contributed by atoms with Gasteiger partial charge in [-0.25, -0.2) is 4.39 Å². The average molecular weight is 344 g/mol. The van der Waals surface area contributed by atoms with Gasteiger partial charge in [0.05, 0.1) is 11.4 Å². The number of tetrazole rings is 1. The van der Waals surface area contributed by atoms with Gasteiger partial charge in [-0.15, -0.1) is 5.10 Å². The Morgan fingerprint density at radius 3 is 2.38 bits per heavy atom. The Morgan fingerprint density at radius 2 is 1.71 bits per heavy atom. The van der Waals surface area contributed by atoms with Crippen molar-refractivity contribution in [2.45, 2.75) is 25.4 Å². The molecule has 2 aromatic carbocycles. The summed E-state index contributed by atoms with van der Waals surface area (Å²) in [5.74, 6) is 0.814. The van der Waals surface area contributed by atoms with Crippen LogP contribution in [0.1, 0.15) is 22.5 Å². The summed E-state index contributed by atoms with van der Waals surface area (Å²) in [7, 11) is -1.19. The predicted molar refractivity (Wildman–Crippen MR) is 90.6 cm³/mol. The Balaban J connectivity index is 1.81. The quantitative estimate of drug-likeness (QED) is 0.714. The zero-order chi connectivity index (χ0) is 17.1. The van der Waals surface area contributed by atoms with Crippen molar-refractivity contribution < 1.29 is 8.60 Å². The van der Waals surface area contributed by atoms with E-state index < -0.39 is 10.8 Å². The monoisotopic (exact) mass is 344 g/mol. The van der Waals surface area contributed by atoms with Gasteiger partial charge in [-0.1, -0.05) is 30.3 Å². The molecule has 0 saturated heterocycles. The normalized spacial score (nSPS) is 12.3. The maximum absolute atomic E-state index is 12.9. The maximum atomic E-state index is 12.9. The van der Waals surface area contributed by atoms with Gasteiger partial charge in [-0.05, 0) is 53.1 Å². The highest BCUT2D eigenvalue weighted by molar-refractivity contribution is 7.83. The summed E-state index contributed by atoms with van der Waals surface area (Å²) in [6.07, 6.45) is 0. The van der Waals surface area contributed by atoms with Crippen LogP contribution in [0.25, 0.3) is 5.69 Å². The molecule has 5 nitrogen and oxygen atoms in total. The van der Waals surface area contributed by atoms with Crippen LogP contribution in [0.2, 0.25) is 0 Å². The molecule has 3 aromatic rings. The standard InChI is InChI=1S/C17H17FN4OS/c1-12-4-3-5-13(2)17(12)22-16(19-20-21-22)11-24(23)10-14-6-8-15(18)9-7-14/h3-9H,10-11H2,1-2H3. The first-order valence-corrected chi connectivity index (χ1v) is 8.96. The molecule has 24 heavy (non-hydrogen) atoms. The lowest BCUT2D eigenvalue weighted by molar-refractivity contribution is 0.627. The zero-order valence-electron chi connectivity index (χ0n) is 13.4. The summed E-state index contributed by atoms with van der Waals surface area (Å²) in [6.45, 7) is 3.98. The van der Waals surface area contributed by atoms with Crippen molar-refractivity contribution in [2.75, 3.05) is 0 Å². The fraction of sp³-hybridized carbons (Fsp3) is 0.235. The van der Waals surface area contributed by atoms with Crippen molar-refractivity contribution in [3.8, 4) is 5.69 Å². The molecule has 0 aliphatic carbocycles. The second kappa shape index (κ2) is 7.00. The lowest BCUT2D eigenvalue weighted by atomic mass is 10.1. The minimum atomic E-state index is -1.19. The second-order valence-electron chi connectivity index (χ2n) is 5.60. The molecular formula is C17H17FN4OS. The van der Waals surface area contributed by atoms with Crippen molar-refractivity contribution in [3.05, 3.63) is 70.8 Å². The van der Waals surface area contributed by atoms with E-state index in [2.05, 4.69) is 15.5 Å². The molecule has 0 amide bonds. The third-order valence-corrected chi connectivity index (χ3v) is 4.95. The Kier molecular flexibility index (Phi) is 4.80. The Labute approximate surface area is 142 Å². The summed E-state index contributed by atoms with van der Waals surface area (Å²) < 4.78 is 27.0. The molecule has 1 aromatic heterocycles. The van der Waals surface area contributed by atoms with Gasteiger partial charge in [0.15, 0.2) is 5.82 Å². The molecule has 0 bridgehead atoms. The summed E-state index contributed by atoms with van der Waals surface area (Å²) in [6, 6.07) is 12.0. The zero-order valence-corrected chi connectivity index (χ0v) is 14.3. The topological polar surface area (TPSA) is 60.7 Å². The van der Waals surface area contributed by atoms with Crippen LogP contribution < -0.4 is 0 Å². The van der Waals surface area contributed by atoms with E-state index >= 15 is 0 Å². The molecule has 0 aliphatic rings. The first-order valence-electron chi connectivity index (χ1n) is 7.48. The highest BCUT2D eigenvalue weighted by atomic mass is 32.2. The number of rotatable bonds is 5. The number of nitrogens with zero attached hydrogens (tertiary/aromatic N) is 4. The van der Waals surface area contributed by atoms with E-state index in [9.17, 15) is 8.60 Å². The van der Waals surface area contributed by atoms with Crippen LogP contribution in [0, 0.1) is 19.7 Å². The fourth-order valence-electron chi connectivity index (χ4n) is 2.57. The number of hydrogen-bond acceptors (Lipinski definition) is 4. The molecule has 1 heterocycles. The lowest BCUT2D eigenvalue weighted by Crippen LogP contribution is -2.10. The van der Waals surface area contributed by atoms with E-state index in [-0.39, 0.29) is 11.6 Å². The predicted octanol–water partition coefficient (Wildman–Crippen LogP) is 2.87. The van der Waals surface area contributed by atoms with E-state index in [1.165, 1.54) is 12.1 Å². The molecular weight excluding hydrogens is 327 g/mol. The molecule has 3 rings (SSSR count). The highest BCUT2D eigenvalue weighted by Crippen LogP contribution is 2.19. The van der Waals surface area contributed by atoms with E-state index in [1.807, 2.05) is 32.0 Å². The van der Waals surface area contributed by atoms with Crippen molar-refractivity contribution in [1.82, 2.24) is 20.2 Å². The largest absolute Gasteiger partial charge is 0.259 e. The Morgan fingerprint density at radius 1 is 1.04 bits per heavy atom. The van der Waals surface area contributed by atoms with Crippen LogP contribution >= 0.6 is 0 Å². The molecule has 0 fully saturated rings. The number of halogens is 1. The molecule has 0 N–H and O–H groups in total. The molecule has 1 unspecified atom stereocenters. The third kappa shape index (κ3) is 3.56. The van der Waals surface area contributed by atoms with E-state index in [1.54, 1.807) is 16.8 Å². The Bertz CT molecular complexity index is 856. The molecule has 124 valence electrons. The smallest absolute Gasteiger partial charge is 0.169 e. The van der Waals surface area contributed by atoms with Gasteiger partial charge in [-0.3, -0.25) is 4.21 Å². The molecule has 0 aliphatic heterocycles. The first kappa shape index (κ1) is 16.4. The van der Waals surface area contributed by atoms with E-state index in [0.29, 0.717) is 11.6 Å². The molecule has 0 spiro atoms. The molecule has 0 saturated carbocycles. The minimum absolute atomic E-state index is 0.234. The fourth-order valence-corrected chi connectivity index (χ4v) is 3.70. The number of benzene rings is 2. The van der Waals surface area contributed by atoms with E-state index in [0.717, 1.165) is 22.4 Å². The SMILES string of the molecule is Cc1cccc(C)c1-n1nnnc1CS(=O)Cc1ccc(F)cc1. The summed E-state index contributed by atoms with van der Waals surface area (Å²) in [4.78, 5) is 0. The van der Waals surface area contributed by atoms with Gasteiger partial charge in [0, 0.05) is 16.6 Å². The van der Waals surface area contributed by atoms with Gasteiger partial charge in [0.2, 0.25) is 0 Å². The van der Waals surface area contributed by atoms with Gasteiger partial charge in [0.1, 0.15) is 5.82 Å². The van der Waals surface area contributed by atoms with Crippen molar-refractivity contribution in [2.24, 2.45) is 0 Å². The molecule has 0 radical (unpaired) electrons. The summed E-state index contributed by atoms with van der Waals surface area (Å²) >= 11 is 0. The number of aryl methyl sites for hydroxylation is 2. The second-order valence-corrected chi connectivity index (χ2v) is 7.06. The Hall–Kier alpha value is -2.41.